The van der Waals surface area contributed by atoms with E-state index in [1.165, 1.54) is 19.3 Å². The van der Waals surface area contributed by atoms with Crippen LogP contribution in [0.1, 0.15) is 63.5 Å². The molecule has 110 valence electrons. The lowest BCUT2D eigenvalue weighted by Crippen LogP contribution is -2.70. The molecule has 20 heavy (non-hydrogen) atoms. The van der Waals surface area contributed by atoms with Crippen LogP contribution in [0.3, 0.4) is 0 Å². The van der Waals surface area contributed by atoms with Gasteiger partial charge in [0.2, 0.25) is 0 Å². The summed E-state index contributed by atoms with van der Waals surface area (Å²) >= 11 is 0. The lowest BCUT2D eigenvalue weighted by molar-refractivity contribution is -0.121. The van der Waals surface area contributed by atoms with Crippen LogP contribution in [0, 0.1) is 11.3 Å². The third-order valence-corrected chi connectivity index (χ3v) is 5.07. The lowest BCUT2D eigenvalue weighted by Gasteiger charge is -2.64. The number of hydrogen-bond acceptors (Lipinski definition) is 2. The van der Waals surface area contributed by atoms with Crippen molar-refractivity contribution >= 4 is 5.91 Å². The van der Waals surface area contributed by atoms with E-state index in [-0.39, 0.29) is 11.9 Å². The molecular formula is C16H25N3O. The maximum atomic E-state index is 12.8. The van der Waals surface area contributed by atoms with Gasteiger partial charge in [0, 0.05) is 30.2 Å². The molecule has 2 aliphatic rings. The molecule has 1 unspecified atom stereocenters. The summed E-state index contributed by atoms with van der Waals surface area (Å²) in [7, 11) is 0. The van der Waals surface area contributed by atoms with Crippen LogP contribution < -0.4 is 0 Å². The van der Waals surface area contributed by atoms with E-state index in [1.807, 2.05) is 10.7 Å². The summed E-state index contributed by atoms with van der Waals surface area (Å²) in [6.45, 7) is 9.55. The number of carbonyl (C=O) groups excluding carboxylic acids is 1. The molecule has 1 saturated carbocycles. The third-order valence-electron chi connectivity index (χ3n) is 5.07. The number of aromatic nitrogens is 2. The van der Waals surface area contributed by atoms with E-state index >= 15 is 0 Å². The van der Waals surface area contributed by atoms with Gasteiger partial charge < -0.3 is 4.90 Å². The van der Waals surface area contributed by atoms with Gasteiger partial charge >= 0.3 is 0 Å². The van der Waals surface area contributed by atoms with Crippen molar-refractivity contribution in [1.82, 2.24) is 14.7 Å². The van der Waals surface area contributed by atoms with Crippen LogP contribution in [-0.4, -0.2) is 33.2 Å². The van der Waals surface area contributed by atoms with Gasteiger partial charge in [0.25, 0.3) is 5.91 Å². The first-order valence-electron chi connectivity index (χ1n) is 7.81. The Morgan fingerprint density at radius 3 is 2.55 bits per heavy atom. The van der Waals surface area contributed by atoms with Gasteiger partial charge in [-0.15, -0.1) is 0 Å². The fraction of sp³-hybridized carbons (Fsp3) is 0.750. The SMILES string of the molecule is CC(C)C1N(C(=O)c2ccnn2C(C)C)CC12CCC2. The van der Waals surface area contributed by atoms with E-state index in [0.717, 1.165) is 12.2 Å². The van der Waals surface area contributed by atoms with Crippen molar-refractivity contribution in [3.05, 3.63) is 18.0 Å². The van der Waals surface area contributed by atoms with Crippen LogP contribution in [0.15, 0.2) is 12.3 Å². The van der Waals surface area contributed by atoms with Crippen LogP contribution in [0.25, 0.3) is 0 Å². The van der Waals surface area contributed by atoms with Crippen molar-refractivity contribution in [1.29, 1.82) is 0 Å². The summed E-state index contributed by atoms with van der Waals surface area (Å²) in [5.41, 5.74) is 1.17. The monoisotopic (exact) mass is 275 g/mol. The normalized spacial score (nSPS) is 24.1. The highest BCUT2D eigenvalue weighted by molar-refractivity contribution is 5.93. The Bertz CT molecular complexity index is 514. The summed E-state index contributed by atoms with van der Waals surface area (Å²) in [6.07, 6.45) is 5.65. The molecule has 0 radical (unpaired) electrons. The summed E-state index contributed by atoms with van der Waals surface area (Å²) < 4.78 is 1.84. The Morgan fingerprint density at radius 1 is 1.35 bits per heavy atom. The molecule has 1 saturated heterocycles. The number of likely N-dealkylation sites (tertiary alicyclic amines) is 1. The first kappa shape index (κ1) is 13.7. The van der Waals surface area contributed by atoms with E-state index in [4.69, 9.17) is 0 Å². The van der Waals surface area contributed by atoms with E-state index in [2.05, 4.69) is 37.7 Å². The van der Waals surface area contributed by atoms with Gasteiger partial charge in [0.15, 0.2) is 0 Å². The molecule has 4 nitrogen and oxygen atoms in total. The highest BCUT2D eigenvalue weighted by Gasteiger charge is 2.58. The molecular weight excluding hydrogens is 250 g/mol. The standard InChI is InChI=1S/C16H25N3O/c1-11(2)14-16(7-5-8-16)10-18(14)15(20)13-6-9-17-19(13)12(3)4/h6,9,11-12,14H,5,7-8,10H2,1-4H3. The molecule has 1 aliphatic carbocycles. The van der Waals surface area contributed by atoms with Gasteiger partial charge in [-0.05, 0) is 38.7 Å². The Morgan fingerprint density at radius 2 is 2.05 bits per heavy atom. The number of rotatable bonds is 3. The topological polar surface area (TPSA) is 38.1 Å². The highest BCUT2D eigenvalue weighted by atomic mass is 16.2. The second-order valence-corrected chi connectivity index (χ2v) is 7.09. The molecule has 1 aliphatic heterocycles. The number of hydrogen-bond donors (Lipinski definition) is 0. The molecule has 0 aromatic carbocycles. The molecule has 2 heterocycles. The molecule has 1 aromatic heterocycles. The van der Waals surface area contributed by atoms with Crippen LogP contribution >= 0.6 is 0 Å². The molecule has 1 amide bonds. The third kappa shape index (κ3) is 1.80. The molecule has 1 aromatic rings. The van der Waals surface area contributed by atoms with E-state index in [0.29, 0.717) is 17.4 Å². The minimum atomic E-state index is 0.160. The maximum Gasteiger partial charge on any atom is 0.272 e. The summed E-state index contributed by atoms with van der Waals surface area (Å²) in [5, 5.41) is 4.29. The Balaban J connectivity index is 1.83. The second kappa shape index (κ2) is 4.61. The van der Waals surface area contributed by atoms with Gasteiger partial charge in [0.1, 0.15) is 5.69 Å². The first-order valence-corrected chi connectivity index (χ1v) is 7.81. The molecule has 2 fully saturated rings. The summed E-state index contributed by atoms with van der Waals surface area (Å²) in [6, 6.07) is 2.49. The zero-order valence-corrected chi connectivity index (χ0v) is 13.0. The van der Waals surface area contributed by atoms with E-state index in [1.54, 1.807) is 6.20 Å². The van der Waals surface area contributed by atoms with Gasteiger partial charge in [-0.3, -0.25) is 9.48 Å². The van der Waals surface area contributed by atoms with Gasteiger partial charge in [-0.25, -0.2) is 0 Å². The average molecular weight is 275 g/mol. The Labute approximate surface area is 121 Å². The van der Waals surface area contributed by atoms with Gasteiger partial charge in [-0.2, -0.15) is 5.10 Å². The first-order chi connectivity index (χ1) is 9.46. The van der Waals surface area contributed by atoms with E-state index in [9.17, 15) is 4.79 Å². The highest BCUT2D eigenvalue weighted by Crippen LogP contribution is 2.55. The van der Waals surface area contributed by atoms with Crippen LogP contribution in [0.2, 0.25) is 0 Å². The van der Waals surface area contributed by atoms with Crippen LogP contribution in [-0.2, 0) is 0 Å². The van der Waals surface area contributed by atoms with Crippen molar-refractivity contribution < 1.29 is 4.79 Å². The molecule has 0 N–H and O–H groups in total. The van der Waals surface area contributed by atoms with Gasteiger partial charge in [0.05, 0.1) is 0 Å². The van der Waals surface area contributed by atoms with Gasteiger partial charge in [-0.1, -0.05) is 20.3 Å². The molecule has 4 heteroatoms. The lowest BCUT2D eigenvalue weighted by atomic mass is 9.55. The quantitative estimate of drug-likeness (QED) is 0.850. The molecule has 1 atom stereocenters. The Kier molecular flexibility index (Phi) is 3.14. The largest absolute Gasteiger partial charge is 0.333 e. The summed E-state index contributed by atoms with van der Waals surface area (Å²) in [4.78, 5) is 14.9. The van der Waals surface area contributed by atoms with Crippen LogP contribution in [0.5, 0.6) is 0 Å². The second-order valence-electron chi connectivity index (χ2n) is 7.09. The van der Waals surface area contributed by atoms with Crippen molar-refractivity contribution in [3.63, 3.8) is 0 Å². The van der Waals surface area contributed by atoms with Crippen molar-refractivity contribution in [2.45, 2.75) is 59.0 Å². The zero-order valence-electron chi connectivity index (χ0n) is 13.0. The molecule has 3 rings (SSSR count). The minimum absolute atomic E-state index is 0.160. The fourth-order valence-electron chi connectivity index (χ4n) is 4.14. The summed E-state index contributed by atoms with van der Waals surface area (Å²) in [5.74, 6) is 0.691. The maximum absolute atomic E-state index is 12.8. The minimum Gasteiger partial charge on any atom is -0.333 e. The van der Waals surface area contributed by atoms with Crippen molar-refractivity contribution in [3.8, 4) is 0 Å². The van der Waals surface area contributed by atoms with Crippen molar-refractivity contribution in [2.75, 3.05) is 6.54 Å². The van der Waals surface area contributed by atoms with Crippen molar-refractivity contribution in [2.24, 2.45) is 11.3 Å². The number of nitrogens with zero attached hydrogens (tertiary/aromatic N) is 3. The predicted molar refractivity (Wildman–Crippen MR) is 78.6 cm³/mol. The molecule has 0 bridgehead atoms. The number of carbonyl (C=O) groups is 1. The van der Waals surface area contributed by atoms with E-state index < -0.39 is 0 Å². The smallest absolute Gasteiger partial charge is 0.272 e. The fourth-order valence-corrected chi connectivity index (χ4v) is 4.14. The predicted octanol–water partition coefficient (Wildman–Crippen LogP) is 3.11. The zero-order chi connectivity index (χ0) is 14.5. The number of amides is 1. The van der Waals surface area contributed by atoms with Crippen LogP contribution in [0.4, 0.5) is 0 Å². The Hall–Kier alpha value is -1.32. The molecule has 1 spiro atoms. The average Bonchev–Trinajstić information content (AvgIpc) is 2.73.